The minimum absolute atomic E-state index is 0.133. The van der Waals surface area contributed by atoms with Crippen LogP contribution < -0.4 is 15.6 Å². The van der Waals surface area contributed by atoms with Crippen molar-refractivity contribution in [3.63, 3.8) is 0 Å². The third kappa shape index (κ3) is 4.08. The molecule has 2 aromatic carbocycles. The second-order valence-electron chi connectivity index (χ2n) is 6.09. The summed E-state index contributed by atoms with van der Waals surface area (Å²) in [6, 6.07) is 15.1. The average Bonchev–Trinajstić information content (AvgIpc) is 2.63. The lowest BCUT2D eigenvalue weighted by Gasteiger charge is -2.16. The molecule has 0 aliphatic rings. The Bertz CT molecular complexity index is 976. The third-order valence-corrected chi connectivity index (χ3v) is 4.09. The van der Waals surface area contributed by atoms with Crippen LogP contribution in [0.5, 0.6) is 5.75 Å². The lowest BCUT2D eigenvalue weighted by Crippen LogP contribution is -2.38. The van der Waals surface area contributed by atoms with Crippen molar-refractivity contribution in [1.82, 2.24) is 14.9 Å². The first-order valence-electron chi connectivity index (χ1n) is 8.50. The number of nitrogens with one attached hydrogen (secondary N) is 1. The number of benzene rings is 2. The molecule has 1 amide bonds. The van der Waals surface area contributed by atoms with Crippen LogP contribution >= 0.6 is 0 Å². The summed E-state index contributed by atoms with van der Waals surface area (Å²) in [5, 5.41) is 4.81. The van der Waals surface area contributed by atoms with Crippen LogP contribution in [-0.4, -0.2) is 28.1 Å². The SMILES string of the molecule is Cc1cc(=O)n(CCNC(=O)C(C)Oc2cccc3ccccc23)cn1. The van der Waals surface area contributed by atoms with Crippen LogP contribution in [0.1, 0.15) is 12.6 Å². The van der Waals surface area contributed by atoms with Crippen LogP contribution in [0.4, 0.5) is 0 Å². The maximum Gasteiger partial charge on any atom is 0.260 e. The van der Waals surface area contributed by atoms with E-state index in [0.29, 0.717) is 24.5 Å². The molecule has 0 spiro atoms. The molecule has 26 heavy (non-hydrogen) atoms. The molecule has 1 aromatic heterocycles. The predicted octanol–water partition coefficient (Wildman–Crippen LogP) is 2.29. The number of aromatic nitrogens is 2. The number of amides is 1. The maximum atomic E-state index is 12.3. The van der Waals surface area contributed by atoms with Crippen LogP contribution in [-0.2, 0) is 11.3 Å². The number of hydrogen-bond acceptors (Lipinski definition) is 4. The zero-order valence-corrected chi connectivity index (χ0v) is 14.8. The Kier molecular flexibility index (Phi) is 5.31. The van der Waals surface area contributed by atoms with Gasteiger partial charge in [0, 0.05) is 30.2 Å². The van der Waals surface area contributed by atoms with Crippen molar-refractivity contribution in [2.45, 2.75) is 26.5 Å². The maximum absolute atomic E-state index is 12.3. The monoisotopic (exact) mass is 351 g/mol. The van der Waals surface area contributed by atoms with Crippen LogP contribution in [0.3, 0.4) is 0 Å². The van der Waals surface area contributed by atoms with E-state index in [9.17, 15) is 9.59 Å². The van der Waals surface area contributed by atoms with Crippen molar-refractivity contribution < 1.29 is 9.53 Å². The molecule has 0 fully saturated rings. The minimum atomic E-state index is -0.645. The van der Waals surface area contributed by atoms with Gasteiger partial charge in [0.05, 0.1) is 6.33 Å². The van der Waals surface area contributed by atoms with Gasteiger partial charge >= 0.3 is 0 Å². The number of hydrogen-bond donors (Lipinski definition) is 1. The molecule has 134 valence electrons. The first-order chi connectivity index (χ1) is 12.5. The zero-order chi connectivity index (χ0) is 18.5. The Morgan fingerprint density at radius 3 is 2.81 bits per heavy atom. The fourth-order valence-electron chi connectivity index (χ4n) is 2.67. The molecular weight excluding hydrogens is 330 g/mol. The number of rotatable bonds is 6. The molecular formula is C20H21N3O3. The van der Waals surface area contributed by atoms with E-state index >= 15 is 0 Å². The van der Waals surface area contributed by atoms with E-state index in [0.717, 1.165) is 10.8 Å². The first kappa shape index (κ1) is 17.7. The van der Waals surface area contributed by atoms with Gasteiger partial charge < -0.3 is 10.1 Å². The van der Waals surface area contributed by atoms with Gasteiger partial charge in [-0.2, -0.15) is 0 Å². The van der Waals surface area contributed by atoms with Crippen LogP contribution in [0.2, 0.25) is 0 Å². The summed E-state index contributed by atoms with van der Waals surface area (Å²) in [5.74, 6) is 0.441. The highest BCUT2D eigenvalue weighted by Gasteiger charge is 2.15. The molecule has 0 saturated carbocycles. The molecule has 1 atom stereocenters. The topological polar surface area (TPSA) is 73.2 Å². The normalized spacial score (nSPS) is 11.9. The Morgan fingerprint density at radius 1 is 1.23 bits per heavy atom. The van der Waals surface area contributed by atoms with E-state index in [1.54, 1.807) is 13.8 Å². The van der Waals surface area contributed by atoms with Crippen molar-refractivity contribution in [2.24, 2.45) is 0 Å². The van der Waals surface area contributed by atoms with Gasteiger partial charge in [0.2, 0.25) is 0 Å². The standard InChI is InChI=1S/C20H21N3O3/c1-14-12-19(24)23(13-22-14)11-10-21-20(25)15(2)26-18-9-5-7-16-6-3-4-8-17(16)18/h3-9,12-13,15H,10-11H2,1-2H3,(H,21,25). The second kappa shape index (κ2) is 7.82. The molecule has 0 saturated heterocycles. The number of nitrogens with zero attached hydrogens (tertiary/aromatic N) is 2. The van der Waals surface area contributed by atoms with Gasteiger partial charge in [-0.1, -0.05) is 36.4 Å². The minimum Gasteiger partial charge on any atom is -0.480 e. The first-order valence-corrected chi connectivity index (χ1v) is 8.50. The number of aryl methyl sites for hydroxylation is 1. The number of carbonyl (C=O) groups excluding carboxylic acids is 1. The summed E-state index contributed by atoms with van der Waals surface area (Å²) < 4.78 is 7.30. The number of ether oxygens (including phenoxy) is 1. The van der Waals surface area contributed by atoms with Gasteiger partial charge in [0.15, 0.2) is 6.10 Å². The van der Waals surface area contributed by atoms with Crippen molar-refractivity contribution in [3.05, 3.63) is 70.9 Å². The van der Waals surface area contributed by atoms with Gasteiger partial charge in [0.25, 0.3) is 11.5 Å². The lowest BCUT2D eigenvalue weighted by molar-refractivity contribution is -0.127. The van der Waals surface area contributed by atoms with Crippen molar-refractivity contribution in [3.8, 4) is 5.75 Å². The Hall–Kier alpha value is -3.15. The Labute approximate surface area is 151 Å². The average molecular weight is 351 g/mol. The Morgan fingerprint density at radius 2 is 2.00 bits per heavy atom. The van der Waals surface area contributed by atoms with Crippen molar-refractivity contribution in [2.75, 3.05) is 6.54 Å². The molecule has 6 nitrogen and oxygen atoms in total. The highest BCUT2D eigenvalue weighted by Crippen LogP contribution is 2.25. The highest BCUT2D eigenvalue weighted by molar-refractivity contribution is 5.89. The van der Waals surface area contributed by atoms with Gasteiger partial charge in [-0.25, -0.2) is 4.98 Å². The molecule has 3 aromatic rings. The summed E-state index contributed by atoms with van der Waals surface area (Å²) in [6.07, 6.45) is 0.841. The lowest BCUT2D eigenvalue weighted by atomic mass is 10.1. The molecule has 0 aliphatic heterocycles. The van der Waals surface area contributed by atoms with E-state index in [-0.39, 0.29) is 11.5 Å². The van der Waals surface area contributed by atoms with Crippen LogP contribution in [0.25, 0.3) is 10.8 Å². The third-order valence-electron chi connectivity index (χ3n) is 4.09. The van der Waals surface area contributed by atoms with E-state index in [1.807, 2.05) is 42.5 Å². The molecule has 6 heteroatoms. The molecule has 1 unspecified atom stereocenters. The molecule has 0 radical (unpaired) electrons. The van der Waals surface area contributed by atoms with E-state index in [4.69, 9.17) is 4.74 Å². The summed E-state index contributed by atoms with van der Waals surface area (Å²) in [5.41, 5.74) is 0.541. The van der Waals surface area contributed by atoms with Crippen LogP contribution in [0, 0.1) is 6.92 Å². The smallest absolute Gasteiger partial charge is 0.260 e. The van der Waals surface area contributed by atoms with E-state index in [2.05, 4.69) is 10.3 Å². The highest BCUT2D eigenvalue weighted by atomic mass is 16.5. The van der Waals surface area contributed by atoms with Crippen molar-refractivity contribution in [1.29, 1.82) is 0 Å². The van der Waals surface area contributed by atoms with E-state index in [1.165, 1.54) is 17.0 Å². The fourth-order valence-corrected chi connectivity index (χ4v) is 2.67. The van der Waals surface area contributed by atoms with Gasteiger partial charge in [0.1, 0.15) is 5.75 Å². The van der Waals surface area contributed by atoms with Gasteiger partial charge in [-0.15, -0.1) is 0 Å². The van der Waals surface area contributed by atoms with Gasteiger partial charge in [-0.3, -0.25) is 14.2 Å². The molecule has 1 heterocycles. The quantitative estimate of drug-likeness (QED) is 0.739. The molecule has 0 aliphatic carbocycles. The summed E-state index contributed by atoms with van der Waals surface area (Å²) in [4.78, 5) is 28.2. The predicted molar refractivity (Wildman–Crippen MR) is 100 cm³/mol. The molecule has 3 rings (SSSR count). The Balaban J connectivity index is 1.58. The zero-order valence-electron chi connectivity index (χ0n) is 14.8. The summed E-state index contributed by atoms with van der Waals surface area (Å²) in [6.45, 7) is 4.15. The largest absolute Gasteiger partial charge is 0.480 e. The molecule has 1 N–H and O–H groups in total. The fraction of sp³-hybridized carbons (Fsp3) is 0.250. The van der Waals surface area contributed by atoms with Gasteiger partial charge in [-0.05, 0) is 25.3 Å². The van der Waals surface area contributed by atoms with Crippen molar-refractivity contribution >= 4 is 16.7 Å². The summed E-state index contributed by atoms with van der Waals surface area (Å²) in [7, 11) is 0. The van der Waals surface area contributed by atoms with E-state index < -0.39 is 6.10 Å². The second-order valence-corrected chi connectivity index (χ2v) is 6.09. The molecule has 0 bridgehead atoms. The number of carbonyl (C=O) groups is 1. The summed E-state index contributed by atoms with van der Waals surface area (Å²) >= 11 is 0. The van der Waals surface area contributed by atoms with Crippen LogP contribution in [0.15, 0.2) is 59.7 Å². The number of fused-ring (bicyclic) bond motifs is 1.